The van der Waals surface area contributed by atoms with Crippen molar-refractivity contribution in [2.45, 2.75) is 61.8 Å². The average Bonchev–Trinajstić information content (AvgIpc) is 3.50. The highest BCUT2D eigenvalue weighted by Crippen LogP contribution is 2.42. The number of ketones is 1. The van der Waals surface area contributed by atoms with Gasteiger partial charge in [0, 0.05) is 29.6 Å². The second-order valence-electron chi connectivity index (χ2n) is 10.1. The molecule has 1 aromatic carbocycles. The fourth-order valence-corrected chi connectivity index (χ4v) is 7.18. The van der Waals surface area contributed by atoms with Crippen LogP contribution in [0.2, 0.25) is 0 Å². The molecule has 1 saturated heterocycles. The number of nitrogens with zero attached hydrogens (tertiary/aromatic N) is 3. The first-order chi connectivity index (χ1) is 20.4. The first-order valence-corrected chi connectivity index (χ1v) is 16.1. The highest BCUT2D eigenvalue weighted by atomic mass is 32.2. The van der Waals surface area contributed by atoms with Crippen molar-refractivity contribution in [1.82, 2.24) is 19.8 Å². The van der Waals surface area contributed by atoms with E-state index >= 15 is 0 Å². The molecule has 2 aliphatic heterocycles. The van der Waals surface area contributed by atoms with Crippen molar-refractivity contribution in [3.63, 3.8) is 0 Å². The van der Waals surface area contributed by atoms with Crippen LogP contribution in [-0.2, 0) is 28.7 Å². The maximum absolute atomic E-state index is 13.4. The molecule has 13 nitrogen and oxygen atoms in total. The Kier molecular flexibility index (Phi) is 10.6. The minimum absolute atomic E-state index is 0.00472. The second-order valence-corrected chi connectivity index (χ2v) is 13.2. The van der Waals surface area contributed by atoms with E-state index in [9.17, 15) is 29.1 Å². The molecule has 1 aromatic heterocycles. The number of β-lactam (4-membered cyclic amide) rings is 1. The number of nitrogens with one attached hydrogen (secondary N) is 1. The van der Waals surface area contributed by atoms with E-state index in [2.05, 4.69) is 14.9 Å². The Labute approximate surface area is 260 Å². The fourth-order valence-electron chi connectivity index (χ4n) is 4.27. The first kappa shape index (κ1) is 32.6. The maximum Gasteiger partial charge on any atom is 0.358 e. The van der Waals surface area contributed by atoms with Crippen LogP contribution in [-0.4, -0.2) is 84.4 Å². The third-order valence-electron chi connectivity index (χ3n) is 6.48. The number of Topliss-reactive ketones (excluding diaryl/α,β-unsaturated/α-hetero) is 1. The molecular weight excluding hydrogens is 619 g/mol. The highest BCUT2D eigenvalue weighted by molar-refractivity contribution is 8.01. The summed E-state index contributed by atoms with van der Waals surface area (Å²) in [5.74, 6) is -3.09. The number of hydrogen-bond acceptors (Lipinski definition) is 14. The van der Waals surface area contributed by atoms with Gasteiger partial charge in [-0.05, 0) is 24.0 Å². The zero-order chi connectivity index (χ0) is 31.4. The summed E-state index contributed by atoms with van der Waals surface area (Å²) >= 11 is 3.91. The Morgan fingerprint density at radius 1 is 1.19 bits per heavy atom. The lowest BCUT2D eigenvalue weighted by molar-refractivity contribution is -0.186. The van der Waals surface area contributed by atoms with Crippen LogP contribution in [0.5, 0.6) is 0 Å². The number of aliphatic hydroxyl groups excluding tert-OH is 1. The van der Waals surface area contributed by atoms with Crippen LogP contribution in [0.4, 0.5) is 0 Å². The topological polar surface area (TPSA) is 191 Å². The lowest BCUT2D eigenvalue weighted by Gasteiger charge is -2.50. The van der Waals surface area contributed by atoms with Crippen molar-refractivity contribution in [2.24, 2.45) is 11.7 Å². The molecule has 3 unspecified atom stereocenters. The van der Waals surface area contributed by atoms with Gasteiger partial charge in [-0.2, -0.15) is 0 Å². The van der Waals surface area contributed by atoms with Crippen molar-refractivity contribution in [3.05, 3.63) is 52.9 Å². The van der Waals surface area contributed by atoms with Crippen LogP contribution < -0.4 is 11.1 Å². The van der Waals surface area contributed by atoms with Crippen LogP contribution in [0.1, 0.15) is 49.7 Å². The minimum atomic E-state index is -1.74. The minimum Gasteiger partial charge on any atom is -0.425 e. The number of esters is 2. The lowest BCUT2D eigenvalue weighted by Crippen LogP contribution is -2.71. The number of ether oxygens (including phenoxy) is 2. The van der Waals surface area contributed by atoms with Crippen molar-refractivity contribution in [2.75, 3.05) is 11.5 Å². The van der Waals surface area contributed by atoms with Gasteiger partial charge in [-0.1, -0.05) is 42.6 Å². The van der Waals surface area contributed by atoms with Gasteiger partial charge in [-0.25, -0.2) is 4.79 Å². The summed E-state index contributed by atoms with van der Waals surface area (Å²) in [6, 6.07) is 4.17. The smallest absolute Gasteiger partial charge is 0.358 e. The molecule has 16 heteroatoms. The van der Waals surface area contributed by atoms with E-state index in [1.807, 2.05) is 0 Å². The lowest BCUT2D eigenvalue weighted by atomic mass is 9.95. The maximum atomic E-state index is 13.4. The number of fused-ring (bicyclic) bond motifs is 1. The van der Waals surface area contributed by atoms with Crippen LogP contribution in [0.25, 0.3) is 0 Å². The molecule has 4 rings (SSSR count). The number of benzene rings is 1. The molecule has 0 spiro atoms. The number of rotatable bonds is 12. The Hall–Kier alpha value is -3.31. The molecule has 1 fully saturated rings. The Morgan fingerprint density at radius 3 is 2.56 bits per heavy atom. The summed E-state index contributed by atoms with van der Waals surface area (Å²) in [6.07, 6.45) is -1.36. The van der Waals surface area contributed by atoms with E-state index in [-0.39, 0.29) is 16.8 Å². The number of carbonyl (C=O) groups is 5. The van der Waals surface area contributed by atoms with E-state index in [0.717, 1.165) is 4.21 Å². The molecule has 230 valence electrons. The number of nitrogens with two attached hydrogens (primary N) is 1. The molecule has 3 heterocycles. The van der Waals surface area contributed by atoms with Gasteiger partial charge >= 0.3 is 11.9 Å². The van der Waals surface area contributed by atoms with E-state index in [1.165, 1.54) is 65.9 Å². The first-order valence-electron chi connectivity index (χ1n) is 13.3. The molecule has 0 aliphatic carbocycles. The van der Waals surface area contributed by atoms with Gasteiger partial charge in [-0.15, -0.1) is 28.6 Å². The molecule has 2 aromatic rings. The monoisotopic (exact) mass is 649 g/mol. The van der Waals surface area contributed by atoms with Crippen LogP contribution >= 0.6 is 35.1 Å². The molecule has 2 aliphatic rings. The Bertz CT molecular complexity index is 1430. The van der Waals surface area contributed by atoms with Gasteiger partial charge in [0.15, 0.2) is 11.9 Å². The van der Waals surface area contributed by atoms with Gasteiger partial charge in [-0.3, -0.25) is 24.1 Å². The van der Waals surface area contributed by atoms with Crippen molar-refractivity contribution < 1.29 is 38.6 Å². The SMILES string of the molecule is CC(OC(=O)C1=C(CSc2cnns2)CS[C@H]2C(NC(=O)C(O)c3ccccc3C(=O)[C@H](C)N)C(=O)N12)OC(=O)C(C)C. The summed E-state index contributed by atoms with van der Waals surface area (Å²) in [4.78, 5) is 65.6. The second kappa shape index (κ2) is 14.0. The zero-order valence-corrected chi connectivity index (χ0v) is 26.2. The van der Waals surface area contributed by atoms with Crippen LogP contribution in [0, 0.1) is 5.92 Å². The molecule has 4 N–H and O–H groups in total. The van der Waals surface area contributed by atoms with Crippen LogP contribution in [0.3, 0.4) is 0 Å². The Balaban J connectivity index is 1.52. The number of thioether (sulfide) groups is 2. The van der Waals surface area contributed by atoms with Gasteiger partial charge in [0.1, 0.15) is 21.3 Å². The number of carbonyl (C=O) groups excluding carboxylic acids is 5. The average molecular weight is 650 g/mol. The third kappa shape index (κ3) is 7.26. The summed E-state index contributed by atoms with van der Waals surface area (Å²) in [5, 5.41) is 16.5. The van der Waals surface area contributed by atoms with Gasteiger partial charge in [0.05, 0.1) is 18.2 Å². The van der Waals surface area contributed by atoms with Crippen LogP contribution in [0.15, 0.2) is 45.9 Å². The summed E-state index contributed by atoms with van der Waals surface area (Å²) in [5.41, 5.74) is 6.50. The molecule has 0 saturated carbocycles. The molecule has 0 radical (unpaired) electrons. The summed E-state index contributed by atoms with van der Waals surface area (Å²) in [7, 11) is 0. The highest BCUT2D eigenvalue weighted by Gasteiger charge is 2.55. The van der Waals surface area contributed by atoms with E-state index < -0.39 is 65.3 Å². The van der Waals surface area contributed by atoms with E-state index in [4.69, 9.17) is 15.2 Å². The zero-order valence-electron chi connectivity index (χ0n) is 23.7. The Morgan fingerprint density at radius 2 is 1.91 bits per heavy atom. The molecule has 0 bridgehead atoms. The van der Waals surface area contributed by atoms with Crippen molar-refractivity contribution in [3.8, 4) is 0 Å². The van der Waals surface area contributed by atoms with E-state index in [1.54, 1.807) is 32.2 Å². The largest absolute Gasteiger partial charge is 0.425 e. The fraction of sp³-hybridized carbons (Fsp3) is 0.444. The quantitative estimate of drug-likeness (QED) is 0.0990. The van der Waals surface area contributed by atoms with Gasteiger partial charge in [0.25, 0.3) is 11.8 Å². The standard InChI is InChI=1S/C27H31N5O8S3/c1-12(2)26(37)39-14(4)40-27(38)20-15(10-41-18-9-29-31-43-18)11-42-25-19(24(36)32(20)25)30-23(35)22(34)17-8-6-5-7-16(17)21(33)13(3)28/h5-9,12-14,19,22,25,34H,10-11,28H2,1-4H3,(H,30,35)/t13-,14?,19?,22?,25-/m0/s1. The summed E-state index contributed by atoms with van der Waals surface area (Å²) < 4.78 is 15.2. The predicted molar refractivity (Wildman–Crippen MR) is 159 cm³/mol. The van der Waals surface area contributed by atoms with Gasteiger partial charge in [0.2, 0.25) is 6.29 Å². The number of aliphatic hydroxyl groups is 1. The number of amides is 2. The number of aromatic nitrogens is 2. The van der Waals surface area contributed by atoms with Gasteiger partial charge < -0.3 is 25.6 Å². The van der Waals surface area contributed by atoms with Crippen molar-refractivity contribution in [1.29, 1.82) is 0 Å². The summed E-state index contributed by atoms with van der Waals surface area (Å²) in [6.45, 7) is 6.19. The van der Waals surface area contributed by atoms with Crippen molar-refractivity contribution >= 4 is 64.6 Å². The molecule has 2 amide bonds. The predicted octanol–water partition coefficient (Wildman–Crippen LogP) is 1.64. The third-order valence-corrected chi connectivity index (χ3v) is 9.74. The number of hydrogen-bond donors (Lipinski definition) is 3. The molecule has 43 heavy (non-hydrogen) atoms. The molecular formula is C27H31N5O8S3. The molecule has 5 atom stereocenters. The van der Waals surface area contributed by atoms with E-state index in [0.29, 0.717) is 17.1 Å². The normalized spacial score (nSPS) is 20.1.